The largest absolute Gasteiger partial charge is 0.462 e. The molecule has 1 amide bonds. The highest BCUT2D eigenvalue weighted by atomic mass is 79.9. The average Bonchev–Trinajstić information content (AvgIpc) is 2.26. The van der Waals surface area contributed by atoms with Gasteiger partial charge in [-0.25, -0.2) is 4.79 Å². The lowest BCUT2D eigenvalue weighted by Gasteiger charge is -2.05. The molecule has 0 aliphatic carbocycles. The zero-order valence-electron chi connectivity index (χ0n) is 8.29. The topological polar surface area (TPSA) is 68.3 Å². The fraction of sp³-hybridized carbons (Fsp3) is 0.222. The van der Waals surface area contributed by atoms with Crippen LogP contribution in [0.15, 0.2) is 16.7 Å². The predicted octanol–water partition coefficient (Wildman–Crippen LogP) is 1.29. The molecule has 0 spiro atoms. The van der Waals surface area contributed by atoms with Crippen LogP contribution in [0.4, 0.5) is 0 Å². The number of nitrogens with zero attached hydrogens (tertiary/aromatic N) is 1. The van der Waals surface area contributed by atoms with Crippen molar-refractivity contribution < 1.29 is 14.3 Å². The lowest BCUT2D eigenvalue weighted by Crippen LogP contribution is -2.31. The van der Waals surface area contributed by atoms with E-state index in [-0.39, 0.29) is 6.54 Å². The Kier molecular flexibility index (Phi) is 4.70. The van der Waals surface area contributed by atoms with Gasteiger partial charge in [0.15, 0.2) is 0 Å². The molecule has 0 aromatic carbocycles. The van der Waals surface area contributed by atoms with Crippen LogP contribution in [0.5, 0.6) is 0 Å². The first kappa shape index (κ1) is 12.9. The van der Waals surface area contributed by atoms with E-state index in [0.717, 1.165) is 11.6 Å². The number of methoxy groups -OCH3 is 1. The predicted molar refractivity (Wildman–Crippen MR) is 60.8 cm³/mol. The van der Waals surface area contributed by atoms with Gasteiger partial charge in [-0.2, -0.15) is 0 Å². The van der Waals surface area contributed by atoms with Gasteiger partial charge in [-0.1, -0.05) is 11.6 Å². The molecule has 0 atom stereocenters. The number of hydrogen-bond donors (Lipinski definition) is 1. The smallest absolute Gasteiger partial charge is 0.396 e. The van der Waals surface area contributed by atoms with Crippen LogP contribution in [0.3, 0.4) is 0 Å². The van der Waals surface area contributed by atoms with E-state index in [1.165, 1.54) is 0 Å². The van der Waals surface area contributed by atoms with E-state index >= 15 is 0 Å². The van der Waals surface area contributed by atoms with E-state index in [4.69, 9.17) is 11.6 Å². The number of halogens is 2. The van der Waals surface area contributed by atoms with E-state index in [0.29, 0.717) is 10.7 Å². The summed E-state index contributed by atoms with van der Waals surface area (Å²) in [6.07, 6.45) is 1.55. The van der Waals surface area contributed by atoms with Crippen molar-refractivity contribution in [2.45, 2.75) is 6.54 Å². The molecule has 5 nitrogen and oxygen atoms in total. The van der Waals surface area contributed by atoms with Crippen LogP contribution in [0, 0.1) is 0 Å². The van der Waals surface area contributed by atoms with Crippen molar-refractivity contribution in [3.8, 4) is 0 Å². The summed E-state index contributed by atoms with van der Waals surface area (Å²) in [6.45, 7) is 0.0695. The molecule has 0 saturated heterocycles. The van der Waals surface area contributed by atoms with E-state index in [1.807, 2.05) is 0 Å². The van der Waals surface area contributed by atoms with Gasteiger partial charge < -0.3 is 10.1 Å². The fourth-order valence-electron chi connectivity index (χ4n) is 0.902. The van der Waals surface area contributed by atoms with Crippen LogP contribution in [0.25, 0.3) is 0 Å². The lowest BCUT2D eigenvalue weighted by molar-refractivity contribution is -0.152. The second kappa shape index (κ2) is 5.81. The number of ether oxygens (including phenoxy) is 1. The van der Waals surface area contributed by atoms with Gasteiger partial charge in [-0.3, -0.25) is 9.78 Å². The second-order valence-corrected chi connectivity index (χ2v) is 4.08. The molecule has 1 aromatic heterocycles. The Morgan fingerprint density at radius 2 is 2.31 bits per heavy atom. The van der Waals surface area contributed by atoms with Gasteiger partial charge in [-0.15, -0.1) is 0 Å². The molecule has 1 rings (SSSR count). The third-order valence-electron chi connectivity index (χ3n) is 1.67. The van der Waals surface area contributed by atoms with Gasteiger partial charge in [0.25, 0.3) is 0 Å². The summed E-state index contributed by atoms with van der Waals surface area (Å²) >= 11 is 9.07. The highest BCUT2D eigenvalue weighted by Gasteiger charge is 2.13. The average molecular weight is 308 g/mol. The van der Waals surface area contributed by atoms with Gasteiger partial charge >= 0.3 is 11.9 Å². The van der Waals surface area contributed by atoms with E-state index < -0.39 is 11.9 Å². The van der Waals surface area contributed by atoms with Crippen molar-refractivity contribution in [1.82, 2.24) is 10.3 Å². The number of nitrogens with one attached hydrogen (secondary N) is 1. The monoisotopic (exact) mass is 306 g/mol. The lowest BCUT2D eigenvalue weighted by atomic mass is 10.3. The molecule has 0 aliphatic rings. The number of carbonyl (C=O) groups is 2. The Balaban J connectivity index is 2.61. The third kappa shape index (κ3) is 3.46. The molecule has 0 unspecified atom stereocenters. The molecule has 0 bridgehead atoms. The molecule has 0 aliphatic heterocycles. The minimum Gasteiger partial charge on any atom is -0.462 e. The molecular formula is C9H8BrClN2O3. The van der Waals surface area contributed by atoms with Crippen molar-refractivity contribution in [2.75, 3.05) is 7.11 Å². The molecular weight excluding hydrogens is 299 g/mol. The summed E-state index contributed by atoms with van der Waals surface area (Å²) in [4.78, 5) is 25.8. The van der Waals surface area contributed by atoms with Gasteiger partial charge in [0.05, 0.1) is 24.4 Å². The number of hydrogen-bond acceptors (Lipinski definition) is 4. The molecule has 1 heterocycles. The number of pyridine rings is 1. The molecule has 1 N–H and O–H groups in total. The van der Waals surface area contributed by atoms with Gasteiger partial charge in [0.2, 0.25) is 0 Å². The minimum atomic E-state index is -0.951. The van der Waals surface area contributed by atoms with Crippen LogP contribution in [-0.2, 0) is 20.9 Å². The molecule has 1 aromatic rings. The van der Waals surface area contributed by atoms with Crippen molar-refractivity contribution in [1.29, 1.82) is 0 Å². The Labute approximate surface area is 105 Å². The van der Waals surface area contributed by atoms with Gasteiger partial charge in [0.1, 0.15) is 0 Å². The summed E-state index contributed by atoms with van der Waals surface area (Å²) in [6, 6.07) is 1.65. The summed E-state index contributed by atoms with van der Waals surface area (Å²) < 4.78 is 4.97. The van der Waals surface area contributed by atoms with Crippen LogP contribution in [-0.4, -0.2) is 24.0 Å². The Morgan fingerprint density at radius 1 is 1.62 bits per heavy atom. The molecule has 86 valence electrons. The standard InChI is InChI=1S/C9H8BrClN2O3/c1-16-9(15)8(14)13-4-7-6(11)2-5(10)3-12-7/h2-3H,4H2,1H3,(H,13,14). The Morgan fingerprint density at radius 3 is 2.88 bits per heavy atom. The molecule has 0 fully saturated rings. The molecule has 0 radical (unpaired) electrons. The first-order chi connectivity index (χ1) is 7.54. The quantitative estimate of drug-likeness (QED) is 0.660. The van der Waals surface area contributed by atoms with Crippen molar-refractivity contribution >= 4 is 39.4 Å². The maximum atomic E-state index is 11.1. The van der Waals surface area contributed by atoms with Crippen molar-refractivity contribution in [3.63, 3.8) is 0 Å². The fourth-order valence-corrected chi connectivity index (χ4v) is 1.60. The summed E-state index contributed by atoms with van der Waals surface area (Å²) in [5.74, 6) is -1.78. The number of rotatable bonds is 2. The van der Waals surface area contributed by atoms with Gasteiger partial charge in [0, 0.05) is 10.7 Å². The maximum Gasteiger partial charge on any atom is 0.396 e. The molecule has 0 saturated carbocycles. The first-order valence-corrected chi connectivity index (χ1v) is 5.37. The SMILES string of the molecule is COC(=O)C(=O)NCc1ncc(Br)cc1Cl. The molecule has 7 heteroatoms. The normalized spacial score (nSPS) is 9.69. The van der Waals surface area contributed by atoms with Gasteiger partial charge in [-0.05, 0) is 22.0 Å². The third-order valence-corrected chi connectivity index (χ3v) is 2.43. The minimum absolute atomic E-state index is 0.0695. The summed E-state index contributed by atoms with van der Waals surface area (Å²) in [5, 5.41) is 2.74. The van der Waals surface area contributed by atoms with Crippen LogP contribution >= 0.6 is 27.5 Å². The zero-order valence-corrected chi connectivity index (χ0v) is 10.6. The van der Waals surface area contributed by atoms with Crippen molar-refractivity contribution in [3.05, 3.63) is 27.5 Å². The van der Waals surface area contributed by atoms with Crippen LogP contribution in [0.2, 0.25) is 5.02 Å². The zero-order chi connectivity index (χ0) is 12.1. The van der Waals surface area contributed by atoms with E-state index in [2.05, 4.69) is 31.0 Å². The number of carbonyl (C=O) groups excluding carboxylic acids is 2. The maximum absolute atomic E-state index is 11.1. The van der Waals surface area contributed by atoms with E-state index in [9.17, 15) is 9.59 Å². The highest BCUT2D eigenvalue weighted by Crippen LogP contribution is 2.18. The van der Waals surface area contributed by atoms with Crippen molar-refractivity contribution in [2.24, 2.45) is 0 Å². The summed E-state index contributed by atoms with van der Waals surface area (Å²) in [5.41, 5.74) is 0.474. The Bertz CT molecular complexity index is 425. The Hall–Kier alpha value is -1.14. The summed E-state index contributed by atoms with van der Waals surface area (Å²) in [7, 11) is 1.13. The highest BCUT2D eigenvalue weighted by molar-refractivity contribution is 9.10. The number of amides is 1. The van der Waals surface area contributed by atoms with Crippen LogP contribution in [0.1, 0.15) is 5.69 Å². The second-order valence-electron chi connectivity index (χ2n) is 2.76. The van der Waals surface area contributed by atoms with Crippen LogP contribution < -0.4 is 5.32 Å². The number of esters is 1. The number of aromatic nitrogens is 1. The first-order valence-electron chi connectivity index (χ1n) is 4.20. The molecule has 16 heavy (non-hydrogen) atoms. The van der Waals surface area contributed by atoms with E-state index in [1.54, 1.807) is 12.3 Å².